The molecule has 17 heavy (non-hydrogen) atoms. The fraction of sp³-hybridized carbons (Fsp3) is 0.769. The largest absolute Gasteiger partial charge is 0.390 e. The van der Waals surface area contributed by atoms with Crippen LogP contribution in [0.4, 0.5) is 0 Å². The Hall–Kier alpha value is -0.870. The second kappa shape index (κ2) is 5.19. The second-order valence-electron chi connectivity index (χ2n) is 5.21. The minimum Gasteiger partial charge on any atom is -0.390 e. The summed E-state index contributed by atoms with van der Waals surface area (Å²) in [4.78, 5) is 0. The van der Waals surface area contributed by atoms with Crippen LogP contribution < -0.4 is 0 Å². The van der Waals surface area contributed by atoms with E-state index in [0.29, 0.717) is 12.5 Å². The Balaban J connectivity index is 1.91. The summed E-state index contributed by atoms with van der Waals surface area (Å²) in [5, 5.41) is 14.5. The molecule has 0 amide bonds. The van der Waals surface area contributed by atoms with Gasteiger partial charge in [0.15, 0.2) is 0 Å². The highest BCUT2D eigenvalue weighted by molar-refractivity contribution is 5.02. The molecule has 3 unspecified atom stereocenters. The molecular weight excluding hydrogens is 216 g/mol. The summed E-state index contributed by atoms with van der Waals surface area (Å²) in [6.07, 6.45) is 4.37. The van der Waals surface area contributed by atoms with E-state index in [2.05, 4.69) is 25.9 Å². The van der Waals surface area contributed by atoms with E-state index in [0.717, 1.165) is 18.5 Å². The van der Waals surface area contributed by atoms with Crippen molar-refractivity contribution in [3.05, 3.63) is 18.0 Å². The van der Waals surface area contributed by atoms with Gasteiger partial charge < -0.3 is 9.84 Å². The van der Waals surface area contributed by atoms with Gasteiger partial charge in [0.25, 0.3) is 0 Å². The first kappa shape index (κ1) is 12.6. The van der Waals surface area contributed by atoms with Crippen LogP contribution in [-0.2, 0) is 11.2 Å². The molecule has 0 bridgehead atoms. The summed E-state index contributed by atoms with van der Waals surface area (Å²) in [6.45, 7) is 6.24. The van der Waals surface area contributed by atoms with Gasteiger partial charge >= 0.3 is 0 Å². The molecule has 2 heterocycles. The van der Waals surface area contributed by atoms with E-state index in [1.165, 1.54) is 0 Å². The van der Waals surface area contributed by atoms with Gasteiger partial charge in [-0.15, -0.1) is 0 Å². The molecule has 0 spiro atoms. The summed E-state index contributed by atoms with van der Waals surface area (Å²) in [5.41, 5.74) is 0.939. The van der Waals surface area contributed by atoms with Gasteiger partial charge in [-0.1, -0.05) is 0 Å². The average molecular weight is 238 g/mol. The number of rotatable bonds is 4. The van der Waals surface area contributed by atoms with Gasteiger partial charge in [0.05, 0.1) is 24.0 Å². The molecule has 0 radical (unpaired) electrons. The number of aliphatic hydroxyl groups is 1. The summed E-state index contributed by atoms with van der Waals surface area (Å²) in [7, 11) is 0. The molecule has 1 aromatic heterocycles. The van der Waals surface area contributed by atoms with Crippen LogP contribution >= 0.6 is 0 Å². The van der Waals surface area contributed by atoms with Crippen molar-refractivity contribution >= 4 is 0 Å². The zero-order valence-electron chi connectivity index (χ0n) is 10.8. The van der Waals surface area contributed by atoms with Crippen LogP contribution in [0.15, 0.2) is 12.3 Å². The molecule has 0 aromatic carbocycles. The zero-order chi connectivity index (χ0) is 12.4. The van der Waals surface area contributed by atoms with Crippen LogP contribution in [-0.4, -0.2) is 33.2 Å². The van der Waals surface area contributed by atoms with E-state index in [4.69, 9.17) is 4.74 Å². The van der Waals surface area contributed by atoms with Gasteiger partial charge in [0, 0.05) is 18.7 Å². The molecule has 96 valence electrons. The van der Waals surface area contributed by atoms with Crippen LogP contribution in [0.5, 0.6) is 0 Å². The van der Waals surface area contributed by atoms with Crippen molar-refractivity contribution < 1.29 is 9.84 Å². The van der Waals surface area contributed by atoms with Crippen molar-refractivity contribution in [2.45, 2.75) is 64.4 Å². The second-order valence-corrected chi connectivity index (χ2v) is 5.21. The molecule has 3 atom stereocenters. The molecule has 0 saturated carbocycles. The lowest BCUT2D eigenvalue weighted by Crippen LogP contribution is -2.28. The lowest BCUT2D eigenvalue weighted by atomic mass is 10.1. The highest BCUT2D eigenvalue weighted by Gasteiger charge is 2.28. The van der Waals surface area contributed by atoms with Gasteiger partial charge in [-0.3, -0.25) is 4.68 Å². The van der Waals surface area contributed by atoms with Crippen molar-refractivity contribution in [3.63, 3.8) is 0 Å². The van der Waals surface area contributed by atoms with Crippen LogP contribution in [0.3, 0.4) is 0 Å². The Morgan fingerprint density at radius 1 is 1.53 bits per heavy atom. The van der Waals surface area contributed by atoms with Crippen LogP contribution in [0.2, 0.25) is 0 Å². The maximum atomic E-state index is 10.1. The quantitative estimate of drug-likeness (QED) is 0.872. The molecule has 1 N–H and O–H groups in total. The Kier molecular flexibility index (Phi) is 3.84. The maximum absolute atomic E-state index is 10.1. The van der Waals surface area contributed by atoms with Crippen LogP contribution in [0, 0.1) is 0 Å². The van der Waals surface area contributed by atoms with Crippen molar-refractivity contribution in [2.24, 2.45) is 0 Å². The lowest BCUT2D eigenvalue weighted by Gasteiger charge is -2.17. The monoisotopic (exact) mass is 238 g/mol. The third-order valence-corrected chi connectivity index (χ3v) is 3.30. The van der Waals surface area contributed by atoms with Gasteiger partial charge in [0.2, 0.25) is 0 Å². The Labute approximate surface area is 103 Å². The number of hydrogen-bond donors (Lipinski definition) is 1. The highest BCUT2D eigenvalue weighted by atomic mass is 16.5. The lowest BCUT2D eigenvalue weighted by molar-refractivity contribution is -0.0282. The number of ether oxygens (including phenoxy) is 1. The number of nitrogens with zero attached hydrogens (tertiary/aromatic N) is 2. The molecule has 4 nitrogen and oxygen atoms in total. The van der Waals surface area contributed by atoms with Crippen LogP contribution in [0.25, 0.3) is 0 Å². The van der Waals surface area contributed by atoms with E-state index in [-0.39, 0.29) is 12.2 Å². The third-order valence-electron chi connectivity index (χ3n) is 3.30. The molecule has 1 saturated heterocycles. The molecular formula is C13H22N2O2. The number of aromatic nitrogens is 2. The molecule has 4 heteroatoms. The number of hydrogen-bond acceptors (Lipinski definition) is 3. The van der Waals surface area contributed by atoms with E-state index >= 15 is 0 Å². The normalized spacial score (nSPS) is 26.6. The average Bonchev–Trinajstić information content (AvgIpc) is 2.86. The van der Waals surface area contributed by atoms with Crippen molar-refractivity contribution in [1.29, 1.82) is 0 Å². The molecule has 1 aromatic rings. The minimum absolute atomic E-state index is 0.0193. The Bertz CT molecular complexity index is 362. The van der Waals surface area contributed by atoms with E-state index in [1.54, 1.807) is 0 Å². The minimum atomic E-state index is -0.435. The first-order valence-corrected chi connectivity index (χ1v) is 6.44. The smallest absolute Gasteiger partial charge is 0.0857 e. The van der Waals surface area contributed by atoms with Crippen LogP contribution in [0.1, 0.15) is 45.3 Å². The zero-order valence-corrected chi connectivity index (χ0v) is 10.8. The molecule has 2 rings (SSSR count). The fourth-order valence-corrected chi connectivity index (χ4v) is 2.24. The van der Waals surface area contributed by atoms with Gasteiger partial charge in [-0.2, -0.15) is 5.10 Å². The topological polar surface area (TPSA) is 47.3 Å². The molecule has 0 aliphatic carbocycles. The molecule has 1 fully saturated rings. The predicted octanol–water partition coefficient (Wildman–Crippen LogP) is 1.93. The van der Waals surface area contributed by atoms with Crippen molar-refractivity contribution in [3.8, 4) is 0 Å². The summed E-state index contributed by atoms with van der Waals surface area (Å²) >= 11 is 0. The number of aliphatic hydroxyl groups excluding tert-OH is 1. The van der Waals surface area contributed by atoms with E-state index in [9.17, 15) is 5.11 Å². The summed E-state index contributed by atoms with van der Waals surface area (Å²) in [5.74, 6) is 0. The Morgan fingerprint density at radius 2 is 2.29 bits per heavy atom. The van der Waals surface area contributed by atoms with Gasteiger partial charge in [-0.05, 0) is 39.7 Å². The first-order valence-electron chi connectivity index (χ1n) is 6.44. The van der Waals surface area contributed by atoms with E-state index in [1.807, 2.05) is 16.9 Å². The summed E-state index contributed by atoms with van der Waals surface area (Å²) < 4.78 is 7.58. The van der Waals surface area contributed by atoms with Gasteiger partial charge in [-0.25, -0.2) is 0 Å². The third kappa shape index (κ3) is 3.07. The van der Waals surface area contributed by atoms with Crippen molar-refractivity contribution in [1.82, 2.24) is 9.78 Å². The SMILES string of the molecule is CC1CCC(C(O)Cc2ccn(C(C)C)n2)O1. The fourth-order valence-electron chi connectivity index (χ4n) is 2.24. The Morgan fingerprint density at radius 3 is 2.82 bits per heavy atom. The standard InChI is InChI=1S/C13H22N2O2/c1-9(2)15-7-6-11(14-15)8-12(16)13-5-4-10(3)17-13/h6-7,9-10,12-13,16H,4-5,8H2,1-3H3. The maximum Gasteiger partial charge on any atom is 0.0857 e. The predicted molar refractivity (Wildman–Crippen MR) is 65.9 cm³/mol. The molecule has 1 aliphatic heterocycles. The first-order chi connectivity index (χ1) is 8.06. The van der Waals surface area contributed by atoms with E-state index < -0.39 is 6.10 Å². The highest BCUT2D eigenvalue weighted by Crippen LogP contribution is 2.23. The molecule has 1 aliphatic rings. The van der Waals surface area contributed by atoms with Gasteiger partial charge in [0.1, 0.15) is 0 Å². The summed E-state index contributed by atoms with van der Waals surface area (Å²) in [6, 6.07) is 2.34. The van der Waals surface area contributed by atoms with Crippen molar-refractivity contribution in [2.75, 3.05) is 0 Å².